The zero-order valence-electron chi connectivity index (χ0n) is 33.5. The van der Waals surface area contributed by atoms with E-state index in [1.54, 1.807) is 11.8 Å². The lowest BCUT2D eigenvalue weighted by Gasteiger charge is -2.26. The first-order chi connectivity index (χ1) is 27.5. The van der Waals surface area contributed by atoms with E-state index >= 15 is 0 Å². The molecule has 10 heteroatoms. The molecule has 3 aliphatic rings. The zero-order chi connectivity index (χ0) is 40.6. The van der Waals surface area contributed by atoms with Crippen LogP contribution in [0.1, 0.15) is 70.1 Å². The number of benzene rings is 3. The van der Waals surface area contributed by atoms with E-state index in [2.05, 4.69) is 165 Å². The van der Waals surface area contributed by atoms with Crippen LogP contribution in [0.3, 0.4) is 0 Å². The van der Waals surface area contributed by atoms with Crippen LogP contribution in [0.2, 0.25) is 0 Å². The second-order valence-electron chi connectivity index (χ2n) is 15.5. The Morgan fingerprint density at radius 1 is 0.947 bits per heavy atom. The molecular weight excluding hydrogens is 858 g/mol. The first-order valence-corrected chi connectivity index (χ1v) is 22.7. The fourth-order valence-corrected chi connectivity index (χ4v) is 8.97. The van der Waals surface area contributed by atoms with Gasteiger partial charge in [-0.1, -0.05) is 106 Å². The van der Waals surface area contributed by atoms with Crippen LogP contribution in [0, 0.1) is 0 Å². The van der Waals surface area contributed by atoms with Gasteiger partial charge in [-0.15, -0.1) is 0 Å². The van der Waals surface area contributed by atoms with Crippen molar-refractivity contribution >= 4 is 72.3 Å². The lowest BCUT2D eigenvalue weighted by molar-refractivity contribution is -0.356. The van der Waals surface area contributed by atoms with Gasteiger partial charge < -0.3 is 26.0 Å². The summed E-state index contributed by atoms with van der Waals surface area (Å²) in [4.78, 5) is 18.6. The summed E-state index contributed by atoms with van der Waals surface area (Å²) in [6, 6.07) is 24.5. The van der Waals surface area contributed by atoms with Crippen molar-refractivity contribution in [3.63, 3.8) is 0 Å². The molecule has 1 aliphatic carbocycles. The van der Waals surface area contributed by atoms with Gasteiger partial charge in [-0.2, -0.15) is 16.3 Å². The number of hydrogen-bond donors (Lipinski definition) is 3. The van der Waals surface area contributed by atoms with Gasteiger partial charge in [0.1, 0.15) is 6.73 Å². The number of para-hydroxylation sites is 2. The number of anilines is 2. The Morgan fingerprint density at radius 2 is 1.68 bits per heavy atom. The van der Waals surface area contributed by atoms with E-state index < -0.39 is 6.04 Å². The van der Waals surface area contributed by atoms with Crippen LogP contribution in [0.5, 0.6) is 0 Å². The van der Waals surface area contributed by atoms with Crippen molar-refractivity contribution in [3.05, 3.63) is 159 Å². The minimum absolute atomic E-state index is 0.164. The van der Waals surface area contributed by atoms with E-state index in [4.69, 9.17) is 10.5 Å². The van der Waals surface area contributed by atoms with Gasteiger partial charge in [0.05, 0.1) is 18.1 Å². The molecule has 0 fully saturated rings. The summed E-state index contributed by atoms with van der Waals surface area (Å²) in [5.41, 5.74) is 18.5. The number of nitrogens with two attached hydrogens (primary N) is 1. The summed E-state index contributed by atoms with van der Waals surface area (Å²) >= 11 is 8.76. The zero-order valence-corrected chi connectivity index (χ0v) is 37.5. The lowest BCUT2D eigenvalue weighted by Crippen LogP contribution is -2.36. The molecule has 7 nitrogen and oxygen atoms in total. The molecule has 0 spiro atoms. The Kier molecular flexibility index (Phi) is 14.4. The highest BCUT2D eigenvalue weighted by molar-refractivity contribution is 9.11. The summed E-state index contributed by atoms with van der Waals surface area (Å²) < 4.78 is 8.54. The van der Waals surface area contributed by atoms with E-state index in [1.807, 2.05) is 40.5 Å². The monoisotopic (exact) mass is 910 g/mol. The second kappa shape index (κ2) is 19.2. The standard InChI is InChI=1S/C47H53Br2N5O2S/c1-46(2)37-13-6-8-15-40(37)53(28-26-48)42(46)23-19-34-11-10-12-35(20-24-43-47(3,4)38-14-7-9-16-41(38)54(43)29-27-49)44(34)51-32-56-31-33-17-21-36(22-18-33)52-45(55)39(50)25-30-57-5/h6-9,13-24,26-29,39H,10-12,25,30-32,50H2,1-5H3,(H,52,55)/p+1/b28-26+,29-27+,34-19+,42-23+. The Labute approximate surface area is 359 Å². The summed E-state index contributed by atoms with van der Waals surface area (Å²) in [5, 5.41) is 6.65. The van der Waals surface area contributed by atoms with Crippen molar-refractivity contribution in [2.75, 3.05) is 29.0 Å². The summed E-state index contributed by atoms with van der Waals surface area (Å²) in [6.07, 6.45) is 19.0. The minimum atomic E-state index is -0.522. The average molecular weight is 913 g/mol. The van der Waals surface area contributed by atoms with E-state index in [9.17, 15) is 4.79 Å². The molecule has 298 valence electrons. The maximum absolute atomic E-state index is 12.5. The number of thioether (sulfide) groups is 1. The van der Waals surface area contributed by atoms with Crippen molar-refractivity contribution in [3.8, 4) is 0 Å². The second-order valence-corrected chi connectivity index (χ2v) is 17.6. The Hall–Kier alpha value is -3.93. The van der Waals surface area contributed by atoms with Crippen LogP contribution in [-0.4, -0.2) is 41.0 Å². The predicted molar refractivity (Wildman–Crippen MR) is 247 cm³/mol. The van der Waals surface area contributed by atoms with Gasteiger partial charge in [0.2, 0.25) is 11.6 Å². The van der Waals surface area contributed by atoms with Gasteiger partial charge in [-0.05, 0) is 103 Å². The molecule has 0 aromatic heterocycles. The number of hydrogen-bond acceptors (Lipinski definition) is 6. The van der Waals surface area contributed by atoms with Crippen molar-refractivity contribution in [1.29, 1.82) is 0 Å². The fourth-order valence-electron chi connectivity index (χ4n) is 8.01. The first-order valence-electron chi connectivity index (χ1n) is 19.5. The Morgan fingerprint density at radius 3 is 2.42 bits per heavy atom. The molecule has 0 radical (unpaired) electrons. The van der Waals surface area contributed by atoms with Crippen LogP contribution in [0.4, 0.5) is 17.1 Å². The highest BCUT2D eigenvalue weighted by atomic mass is 79.9. The molecule has 1 amide bonds. The van der Waals surface area contributed by atoms with E-state index in [0.717, 1.165) is 42.0 Å². The van der Waals surface area contributed by atoms with Crippen LogP contribution in [-0.2, 0) is 27.0 Å². The molecule has 4 N–H and O–H groups in total. The van der Waals surface area contributed by atoms with Crippen molar-refractivity contribution in [2.45, 2.75) is 76.9 Å². The maximum Gasteiger partial charge on any atom is 0.241 e. The summed E-state index contributed by atoms with van der Waals surface area (Å²) in [6.45, 7) is 9.95. The molecule has 57 heavy (non-hydrogen) atoms. The van der Waals surface area contributed by atoms with Gasteiger partial charge in [-0.25, -0.2) is 0 Å². The quantitative estimate of drug-likeness (QED) is 0.0801. The van der Waals surface area contributed by atoms with Gasteiger partial charge >= 0.3 is 0 Å². The van der Waals surface area contributed by atoms with Crippen molar-refractivity contribution in [1.82, 2.24) is 5.32 Å². The van der Waals surface area contributed by atoms with Crippen molar-refractivity contribution < 1.29 is 14.1 Å². The number of rotatable bonds is 15. The first kappa shape index (κ1) is 42.7. The molecular formula is C47H54Br2N5O2S+. The molecule has 0 saturated carbocycles. The fraction of sp³-hybridized carbons (Fsp3) is 0.319. The number of halogens is 2. The number of fused-ring (bicyclic) bond motifs is 2. The highest BCUT2D eigenvalue weighted by Crippen LogP contribution is 2.48. The van der Waals surface area contributed by atoms with Gasteiger partial charge in [0, 0.05) is 57.1 Å². The van der Waals surface area contributed by atoms with Gasteiger partial charge in [0.15, 0.2) is 11.9 Å². The third-order valence-electron chi connectivity index (χ3n) is 11.1. The van der Waals surface area contributed by atoms with Crippen LogP contribution >= 0.6 is 43.6 Å². The Bertz CT molecular complexity index is 2160. The van der Waals surface area contributed by atoms with Crippen LogP contribution < -0.4 is 21.3 Å². The van der Waals surface area contributed by atoms with E-state index in [-0.39, 0.29) is 16.7 Å². The number of ether oxygens (including phenoxy) is 1. The number of carbonyl (C=O) groups excluding carboxylic acids is 1. The molecule has 0 bridgehead atoms. The predicted octanol–water partition coefficient (Wildman–Crippen LogP) is 11.2. The third kappa shape index (κ3) is 9.52. The molecule has 6 rings (SSSR count). The summed E-state index contributed by atoms with van der Waals surface area (Å²) in [7, 11) is 0. The molecule has 1 atom stereocenters. The molecule has 0 saturated heterocycles. The minimum Gasteiger partial charge on any atom is -0.362 e. The topological polar surface area (TPSA) is 82.6 Å². The van der Waals surface area contributed by atoms with Crippen molar-refractivity contribution in [2.24, 2.45) is 5.73 Å². The molecule has 2 heterocycles. The maximum atomic E-state index is 12.5. The van der Waals surface area contributed by atoms with E-state index in [0.29, 0.717) is 19.8 Å². The third-order valence-corrected chi connectivity index (χ3v) is 12.2. The summed E-state index contributed by atoms with van der Waals surface area (Å²) in [5.74, 6) is 0.686. The molecule has 2 aliphatic heterocycles. The number of nitrogens with one attached hydrogen (secondary N) is 2. The average Bonchev–Trinajstić information content (AvgIpc) is 3.56. The lowest BCUT2D eigenvalue weighted by atomic mass is 9.81. The van der Waals surface area contributed by atoms with Gasteiger partial charge in [0.25, 0.3) is 0 Å². The molecule has 3 aromatic carbocycles. The highest BCUT2D eigenvalue weighted by Gasteiger charge is 2.44. The molecule has 1 unspecified atom stereocenters. The largest absolute Gasteiger partial charge is 0.362 e. The van der Waals surface area contributed by atoms with Crippen LogP contribution in [0.15, 0.2) is 142 Å². The number of nitrogens with zero attached hydrogens (tertiary/aromatic N) is 2. The molecule has 3 aromatic rings. The van der Waals surface area contributed by atoms with Crippen LogP contribution in [0.25, 0.3) is 0 Å². The number of amides is 1. The number of allylic oxidation sites excluding steroid dienone is 7. The Balaban J connectivity index is 1.28. The SMILES string of the molecule is CSCCC(N)C(=O)Nc1ccc(COCNC2=C(/C=C/C3=[N+](/C=C/Br)c4ccccc4C3(C)C)CCC/C2=C\C=C2\N(/C=C/Br)c3ccccc3C2(C)C)cc1. The smallest absolute Gasteiger partial charge is 0.241 e. The normalized spacial score (nSPS) is 19.4. The van der Waals surface area contributed by atoms with E-state index in [1.165, 1.54) is 45.1 Å². The van der Waals surface area contributed by atoms with Gasteiger partial charge in [-0.3, -0.25) is 4.79 Å². The number of carbonyl (C=O) groups is 1.